The molecule has 0 amide bonds. The number of rotatable bonds is 20. The average Bonchev–Trinajstić information content (AvgIpc) is 2.99. The predicted molar refractivity (Wildman–Crippen MR) is 158 cm³/mol. The minimum absolute atomic E-state index is 0.0370. The highest BCUT2D eigenvalue weighted by atomic mass is 19.2. The molecule has 1 aromatic carbocycles. The largest absolute Gasteiger partial charge is 0.487 e. The van der Waals surface area contributed by atoms with Gasteiger partial charge in [-0.15, -0.1) is 0 Å². The van der Waals surface area contributed by atoms with Gasteiger partial charge in [-0.3, -0.25) is 0 Å². The lowest BCUT2D eigenvalue weighted by Crippen LogP contribution is -2.14. The number of hydrogen-bond acceptors (Lipinski definition) is 5. The second-order valence-electron chi connectivity index (χ2n) is 10.5. The van der Waals surface area contributed by atoms with Crippen molar-refractivity contribution >= 4 is 0 Å². The summed E-state index contributed by atoms with van der Waals surface area (Å²) < 4.78 is 54.7. The molecule has 0 radical (unpaired) electrons. The highest BCUT2D eigenvalue weighted by Gasteiger charge is 2.19. The Morgan fingerprint density at radius 2 is 1.29 bits per heavy atom. The third kappa shape index (κ3) is 11.0. The molecule has 2 heterocycles. The van der Waals surface area contributed by atoms with E-state index in [-0.39, 0.29) is 23.7 Å². The third-order valence-corrected chi connectivity index (χ3v) is 7.05. The van der Waals surface area contributed by atoms with Gasteiger partial charge in [0.15, 0.2) is 17.4 Å². The molecule has 0 aliphatic heterocycles. The maximum absolute atomic E-state index is 14.8. The fourth-order valence-electron chi connectivity index (χ4n) is 4.54. The molecule has 8 heteroatoms. The molecule has 2 aromatic heterocycles. The fourth-order valence-corrected chi connectivity index (χ4v) is 4.54. The monoisotopic (exact) mass is 571 g/mol. The molecule has 5 nitrogen and oxygen atoms in total. The topological polar surface area (TPSA) is 57.1 Å². The highest BCUT2D eigenvalue weighted by molar-refractivity contribution is 5.64. The molecule has 0 unspecified atom stereocenters. The van der Waals surface area contributed by atoms with E-state index in [2.05, 4.69) is 28.8 Å². The van der Waals surface area contributed by atoms with Crippen LogP contribution >= 0.6 is 0 Å². The summed E-state index contributed by atoms with van der Waals surface area (Å²) in [6.45, 7) is 4.68. The van der Waals surface area contributed by atoms with Crippen LogP contribution in [0.1, 0.15) is 97.3 Å². The number of aromatic nitrogens is 3. The third-order valence-electron chi connectivity index (χ3n) is 7.05. The van der Waals surface area contributed by atoms with Crippen molar-refractivity contribution in [2.75, 3.05) is 13.2 Å². The average molecular weight is 572 g/mol. The Morgan fingerprint density at radius 1 is 0.659 bits per heavy atom. The summed E-state index contributed by atoms with van der Waals surface area (Å²) in [5.41, 5.74) is 1.37. The number of halogens is 3. The zero-order chi connectivity index (χ0) is 29.3. The summed E-state index contributed by atoms with van der Waals surface area (Å²) in [6.07, 6.45) is 17.4. The van der Waals surface area contributed by atoms with Gasteiger partial charge in [0.2, 0.25) is 11.7 Å². The molecule has 0 fully saturated rings. The van der Waals surface area contributed by atoms with Crippen LogP contribution in [0.25, 0.3) is 22.5 Å². The van der Waals surface area contributed by atoms with Crippen LogP contribution in [0.5, 0.6) is 11.6 Å². The first kappa shape index (κ1) is 32.4. The van der Waals surface area contributed by atoms with Crippen molar-refractivity contribution in [3.63, 3.8) is 0 Å². The van der Waals surface area contributed by atoms with Crippen molar-refractivity contribution in [1.82, 2.24) is 15.0 Å². The molecule has 41 heavy (non-hydrogen) atoms. The summed E-state index contributed by atoms with van der Waals surface area (Å²) in [6, 6.07) is 6.29. The van der Waals surface area contributed by atoms with Gasteiger partial charge in [0, 0.05) is 35.8 Å². The first-order valence-electron chi connectivity index (χ1n) is 15.2. The van der Waals surface area contributed by atoms with Gasteiger partial charge in [-0.25, -0.2) is 23.7 Å². The first-order valence-corrected chi connectivity index (χ1v) is 15.2. The SMILES string of the molecule is CCCCCCCCOc1ccc(-c2cnc(-c3ccc(OC[C@@H](F)CCCCCCCC)c(F)c3F)nc2)cn1. The van der Waals surface area contributed by atoms with E-state index in [1.54, 1.807) is 12.3 Å². The van der Waals surface area contributed by atoms with Crippen LogP contribution < -0.4 is 9.47 Å². The van der Waals surface area contributed by atoms with Gasteiger partial charge in [-0.05, 0) is 31.0 Å². The Bertz CT molecular complexity index is 1140. The number of ether oxygens (including phenoxy) is 2. The summed E-state index contributed by atoms with van der Waals surface area (Å²) in [7, 11) is 0. The van der Waals surface area contributed by atoms with Crippen molar-refractivity contribution in [1.29, 1.82) is 0 Å². The fraction of sp³-hybridized carbons (Fsp3) is 0.545. The molecule has 0 aliphatic rings. The highest BCUT2D eigenvalue weighted by Crippen LogP contribution is 2.29. The number of unbranched alkanes of at least 4 members (excludes halogenated alkanes) is 10. The van der Waals surface area contributed by atoms with E-state index < -0.39 is 17.8 Å². The van der Waals surface area contributed by atoms with Crippen LogP contribution in [0.3, 0.4) is 0 Å². The Kier molecular flexibility index (Phi) is 14.4. The van der Waals surface area contributed by atoms with Crippen molar-refractivity contribution in [2.24, 2.45) is 0 Å². The second kappa shape index (κ2) is 18.3. The molecule has 0 saturated heterocycles. The molecule has 0 spiro atoms. The van der Waals surface area contributed by atoms with Gasteiger partial charge >= 0.3 is 0 Å². The van der Waals surface area contributed by atoms with Crippen molar-refractivity contribution < 1.29 is 22.6 Å². The lowest BCUT2D eigenvalue weighted by atomic mass is 10.1. The maximum atomic E-state index is 14.8. The molecule has 224 valence electrons. The molecule has 0 bridgehead atoms. The Morgan fingerprint density at radius 3 is 1.95 bits per heavy atom. The molecular weight excluding hydrogens is 527 g/mol. The smallest absolute Gasteiger partial charge is 0.213 e. The first-order chi connectivity index (χ1) is 20.0. The van der Waals surface area contributed by atoms with E-state index in [4.69, 9.17) is 9.47 Å². The predicted octanol–water partition coefficient (Wildman–Crippen LogP) is 9.69. The van der Waals surface area contributed by atoms with E-state index in [1.165, 1.54) is 63.1 Å². The van der Waals surface area contributed by atoms with E-state index in [0.29, 0.717) is 24.5 Å². The van der Waals surface area contributed by atoms with Crippen LogP contribution in [0, 0.1) is 11.6 Å². The molecule has 3 aromatic rings. The summed E-state index contributed by atoms with van der Waals surface area (Å²) in [5.74, 6) is -2.03. The van der Waals surface area contributed by atoms with Gasteiger partial charge < -0.3 is 9.47 Å². The lowest BCUT2D eigenvalue weighted by molar-refractivity contribution is 0.177. The van der Waals surface area contributed by atoms with Gasteiger partial charge in [0.05, 0.1) is 12.2 Å². The summed E-state index contributed by atoms with van der Waals surface area (Å²) in [5, 5.41) is 0. The van der Waals surface area contributed by atoms with Crippen LogP contribution in [-0.2, 0) is 0 Å². The molecule has 0 aliphatic carbocycles. The molecular formula is C33H44F3N3O2. The Balaban J connectivity index is 1.49. The zero-order valence-corrected chi connectivity index (χ0v) is 24.5. The zero-order valence-electron chi connectivity index (χ0n) is 24.5. The van der Waals surface area contributed by atoms with Crippen molar-refractivity contribution in [2.45, 2.75) is 103 Å². The van der Waals surface area contributed by atoms with E-state index in [0.717, 1.165) is 44.1 Å². The van der Waals surface area contributed by atoms with Crippen molar-refractivity contribution in [3.8, 4) is 34.1 Å². The van der Waals surface area contributed by atoms with E-state index in [1.807, 2.05) is 6.07 Å². The normalized spacial score (nSPS) is 11.9. The number of pyridine rings is 1. The van der Waals surface area contributed by atoms with Crippen LogP contribution in [0.2, 0.25) is 0 Å². The minimum atomic E-state index is -1.23. The number of nitrogens with zero attached hydrogens (tertiary/aromatic N) is 3. The molecule has 3 rings (SSSR count). The molecule has 1 atom stereocenters. The Hall–Kier alpha value is -3.16. The maximum Gasteiger partial charge on any atom is 0.213 e. The molecule has 0 N–H and O–H groups in total. The van der Waals surface area contributed by atoms with Crippen LogP contribution in [0.4, 0.5) is 13.2 Å². The standard InChI is InChI=1S/C33H44F3N3O2/c1-3-5-7-9-11-13-15-27(34)24-41-29-18-17-28(31(35)32(29)36)33-38-22-26(23-39-33)25-16-19-30(37-21-25)40-20-14-12-10-8-6-4-2/h16-19,21-23,27H,3-15,20,24H2,1-2H3/t27-/m0/s1. The Labute approximate surface area is 242 Å². The van der Waals surface area contributed by atoms with Gasteiger partial charge in [0.25, 0.3) is 0 Å². The second-order valence-corrected chi connectivity index (χ2v) is 10.5. The lowest BCUT2D eigenvalue weighted by Gasteiger charge is -2.12. The number of hydrogen-bond donors (Lipinski definition) is 0. The van der Waals surface area contributed by atoms with Crippen LogP contribution in [-0.4, -0.2) is 34.3 Å². The number of benzene rings is 1. The van der Waals surface area contributed by atoms with Crippen molar-refractivity contribution in [3.05, 3.63) is 54.5 Å². The summed E-state index contributed by atoms with van der Waals surface area (Å²) in [4.78, 5) is 12.8. The summed E-state index contributed by atoms with van der Waals surface area (Å²) >= 11 is 0. The van der Waals surface area contributed by atoms with Crippen LogP contribution in [0.15, 0.2) is 42.9 Å². The van der Waals surface area contributed by atoms with Gasteiger partial charge in [-0.1, -0.05) is 84.5 Å². The van der Waals surface area contributed by atoms with E-state index in [9.17, 15) is 13.2 Å². The van der Waals surface area contributed by atoms with Gasteiger partial charge in [-0.2, -0.15) is 4.39 Å². The van der Waals surface area contributed by atoms with E-state index >= 15 is 0 Å². The quantitative estimate of drug-likeness (QED) is 0.126. The minimum Gasteiger partial charge on any atom is -0.487 e. The molecule has 0 saturated carbocycles. The van der Waals surface area contributed by atoms with Gasteiger partial charge in [0.1, 0.15) is 12.8 Å². The number of alkyl halides is 1.